The summed E-state index contributed by atoms with van der Waals surface area (Å²) in [6.07, 6.45) is 23.0. The number of ether oxygens (including phenoxy) is 2. The second-order valence-electron chi connectivity index (χ2n) is 12.0. The lowest BCUT2D eigenvalue weighted by molar-refractivity contribution is -0.179. The molecule has 4 fully saturated rings. The SMILES string of the molecule is CCOC(=O)C(C1CCCCC1)C1(C(C(=O)OC2CCCCC2)C2CCCCC2)CCCCC1. The molecular weight excluding hydrogens is 424 g/mol. The summed E-state index contributed by atoms with van der Waals surface area (Å²) in [5.74, 6) is 0.488. The standard InChI is InChI=1S/C30H50O4/c1-2-33-28(31)26(23-15-7-3-8-16-23)30(21-13-6-14-22-30)27(24-17-9-4-10-18-24)29(32)34-25-19-11-5-12-20-25/h23-27H,2-22H2,1H3. The summed E-state index contributed by atoms with van der Waals surface area (Å²) in [6, 6.07) is 0. The van der Waals surface area contributed by atoms with E-state index in [0.717, 1.165) is 64.2 Å². The van der Waals surface area contributed by atoms with Crippen LogP contribution in [0.1, 0.15) is 135 Å². The van der Waals surface area contributed by atoms with Crippen LogP contribution in [0.2, 0.25) is 0 Å². The van der Waals surface area contributed by atoms with Gasteiger partial charge in [-0.05, 0) is 88.4 Å². The largest absolute Gasteiger partial charge is 0.466 e. The maximum atomic E-state index is 14.2. The average molecular weight is 475 g/mol. The minimum absolute atomic E-state index is 0.0115. The molecule has 0 heterocycles. The molecule has 2 unspecified atom stereocenters. The average Bonchev–Trinajstić information content (AvgIpc) is 2.87. The molecule has 4 saturated carbocycles. The number of carbonyl (C=O) groups is 2. The highest BCUT2D eigenvalue weighted by molar-refractivity contribution is 5.79. The minimum Gasteiger partial charge on any atom is -0.466 e. The lowest BCUT2D eigenvalue weighted by Crippen LogP contribution is -2.53. The fourth-order valence-electron chi connectivity index (χ4n) is 8.41. The van der Waals surface area contributed by atoms with Crippen LogP contribution in [0.3, 0.4) is 0 Å². The van der Waals surface area contributed by atoms with Crippen molar-refractivity contribution < 1.29 is 19.1 Å². The van der Waals surface area contributed by atoms with Crippen molar-refractivity contribution >= 4 is 11.9 Å². The highest BCUT2D eigenvalue weighted by atomic mass is 16.5. The van der Waals surface area contributed by atoms with Gasteiger partial charge in [-0.1, -0.05) is 64.2 Å². The van der Waals surface area contributed by atoms with Crippen molar-refractivity contribution in [3.63, 3.8) is 0 Å². The fraction of sp³-hybridized carbons (Fsp3) is 0.933. The van der Waals surface area contributed by atoms with Crippen molar-refractivity contribution in [1.82, 2.24) is 0 Å². The number of rotatable bonds is 8. The molecule has 0 radical (unpaired) electrons. The third-order valence-electron chi connectivity index (χ3n) is 9.90. The molecule has 4 rings (SSSR count). The summed E-state index contributed by atoms with van der Waals surface area (Å²) in [7, 11) is 0. The first-order chi connectivity index (χ1) is 16.7. The molecular formula is C30H50O4. The molecule has 2 atom stereocenters. The number of carbonyl (C=O) groups excluding carboxylic acids is 2. The lowest BCUT2D eigenvalue weighted by Gasteiger charge is -2.52. The Bertz CT molecular complexity index is 634. The molecule has 0 amide bonds. The zero-order chi connectivity index (χ0) is 23.8. The number of hydrogen-bond acceptors (Lipinski definition) is 4. The molecule has 0 bridgehead atoms. The van der Waals surface area contributed by atoms with Crippen LogP contribution in [0.15, 0.2) is 0 Å². The van der Waals surface area contributed by atoms with Gasteiger partial charge in [-0.3, -0.25) is 9.59 Å². The molecule has 0 aromatic heterocycles. The van der Waals surface area contributed by atoms with Crippen LogP contribution < -0.4 is 0 Å². The third kappa shape index (κ3) is 6.01. The van der Waals surface area contributed by atoms with Crippen molar-refractivity contribution in [3.8, 4) is 0 Å². The van der Waals surface area contributed by atoms with Crippen LogP contribution in [0.5, 0.6) is 0 Å². The van der Waals surface area contributed by atoms with Gasteiger partial charge in [0, 0.05) is 0 Å². The topological polar surface area (TPSA) is 52.6 Å². The first kappa shape index (κ1) is 26.0. The molecule has 0 saturated heterocycles. The smallest absolute Gasteiger partial charge is 0.310 e. The first-order valence-corrected chi connectivity index (χ1v) is 15.0. The van der Waals surface area contributed by atoms with Gasteiger partial charge in [-0.15, -0.1) is 0 Å². The van der Waals surface area contributed by atoms with Gasteiger partial charge in [0.05, 0.1) is 18.4 Å². The number of esters is 2. The predicted octanol–water partition coefficient (Wildman–Crippen LogP) is 7.77. The molecule has 4 nitrogen and oxygen atoms in total. The van der Waals surface area contributed by atoms with Crippen LogP contribution in [-0.4, -0.2) is 24.6 Å². The third-order valence-corrected chi connectivity index (χ3v) is 9.90. The summed E-state index contributed by atoms with van der Waals surface area (Å²) in [6.45, 7) is 2.36. The normalized spacial score (nSPS) is 27.0. The Kier molecular flexibility index (Phi) is 9.77. The molecule has 194 valence electrons. The van der Waals surface area contributed by atoms with E-state index in [9.17, 15) is 9.59 Å². The predicted molar refractivity (Wildman–Crippen MR) is 135 cm³/mol. The molecule has 0 N–H and O–H groups in total. The summed E-state index contributed by atoms with van der Waals surface area (Å²) in [4.78, 5) is 28.0. The monoisotopic (exact) mass is 474 g/mol. The molecule has 0 aromatic rings. The van der Waals surface area contributed by atoms with Crippen LogP contribution in [0.25, 0.3) is 0 Å². The molecule has 4 aliphatic carbocycles. The Morgan fingerprint density at radius 3 is 1.59 bits per heavy atom. The summed E-state index contributed by atoms with van der Waals surface area (Å²) in [5, 5.41) is 0. The zero-order valence-corrected chi connectivity index (χ0v) is 21.9. The summed E-state index contributed by atoms with van der Waals surface area (Å²) >= 11 is 0. The van der Waals surface area contributed by atoms with Gasteiger partial charge in [0.1, 0.15) is 6.10 Å². The van der Waals surface area contributed by atoms with Gasteiger partial charge < -0.3 is 9.47 Å². The van der Waals surface area contributed by atoms with Gasteiger partial charge in [0.15, 0.2) is 0 Å². The van der Waals surface area contributed by atoms with E-state index in [-0.39, 0.29) is 35.3 Å². The van der Waals surface area contributed by atoms with E-state index in [1.807, 2.05) is 6.92 Å². The summed E-state index contributed by atoms with van der Waals surface area (Å²) in [5.41, 5.74) is -0.278. The van der Waals surface area contributed by atoms with Crippen molar-refractivity contribution in [2.24, 2.45) is 29.1 Å². The van der Waals surface area contributed by atoms with Crippen molar-refractivity contribution in [2.75, 3.05) is 6.61 Å². The van der Waals surface area contributed by atoms with E-state index in [1.54, 1.807) is 0 Å². The lowest BCUT2D eigenvalue weighted by atomic mass is 9.51. The van der Waals surface area contributed by atoms with E-state index >= 15 is 0 Å². The Morgan fingerprint density at radius 1 is 0.647 bits per heavy atom. The molecule has 0 spiro atoms. The number of hydrogen-bond donors (Lipinski definition) is 0. The Morgan fingerprint density at radius 2 is 1.09 bits per heavy atom. The Hall–Kier alpha value is -1.06. The molecule has 0 aliphatic heterocycles. The highest BCUT2D eigenvalue weighted by Crippen LogP contribution is 2.57. The van der Waals surface area contributed by atoms with E-state index in [2.05, 4.69) is 0 Å². The minimum atomic E-state index is -0.278. The maximum absolute atomic E-state index is 14.2. The Balaban J connectivity index is 1.71. The maximum Gasteiger partial charge on any atom is 0.310 e. The van der Waals surface area contributed by atoms with Gasteiger partial charge in [-0.2, -0.15) is 0 Å². The van der Waals surface area contributed by atoms with Crippen LogP contribution in [0.4, 0.5) is 0 Å². The van der Waals surface area contributed by atoms with Crippen molar-refractivity contribution in [2.45, 2.75) is 141 Å². The zero-order valence-electron chi connectivity index (χ0n) is 21.9. The van der Waals surface area contributed by atoms with Crippen molar-refractivity contribution in [1.29, 1.82) is 0 Å². The van der Waals surface area contributed by atoms with Gasteiger partial charge in [-0.25, -0.2) is 0 Å². The molecule has 4 aliphatic rings. The quantitative estimate of drug-likeness (QED) is 0.337. The van der Waals surface area contributed by atoms with Gasteiger partial charge >= 0.3 is 11.9 Å². The molecule has 34 heavy (non-hydrogen) atoms. The van der Waals surface area contributed by atoms with Gasteiger partial charge in [0.2, 0.25) is 0 Å². The summed E-state index contributed by atoms with van der Waals surface area (Å²) < 4.78 is 12.2. The van der Waals surface area contributed by atoms with Crippen molar-refractivity contribution in [3.05, 3.63) is 0 Å². The van der Waals surface area contributed by atoms with E-state index in [4.69, 9.17) is 9.47 Å². The Labute approximate surface area is 208 Å². The van der Waals surface area contributed by atoms with Crippen LogP contribution in [0, 0.1) is 29.1 Å². The fourth-order valence-corrected chi connectivity index (χ4v) is 8.41. The highest BCUT2D eigenvalue weighted by Gasteiger charge is 2.57. The van der Waals surface area contributed by atoms with Crippen LogP contribution >= 0.6 is 0 Å². The second kappa shape index (κ2) is 12.8. The van der Waals surface area contributed by atoms with E-state index in [0.29, 0.717) is 18.4 Å². The van der Waals surface area contributed by atoms with Gasteiger partial charge in [0.25, 0.3) is 0 Å². The first-order valence-electron chi connectivity index (χ1n) is 15.0. The molecule has 4 heteroatoms. The second-order valence-corrected chi connectivity index (χ2v) is 12.0. The molecule has 0 aromatic carbocycles. The van der Waals surface area contributed by atoms with E-state index in [1.165, 1.54) is 64.2 Å². The van der Waals surface area contributed by atoms with E-state index < -0.39 is 0 Å². The van der Waals surface area contributed by atoms with Crippen LogP contribution in [-0.2, 0) is 19.1 Å².